The van der Waals surface area contributed by atoms with Crippen LogP contribution in [0.1, 0.15) is 43.6 Å². The van der Waals surface area contributed by atoms with Gasteiger partial charge >= 0.3 is 13.1 Å². The summed E-state index contributed by atoms with van der Waals surface area (Å²) >= 11 is 0. The Morgan fingerprint density at radius 1 is 1.23 bits per heavy atom. The van der Waals surface area contributed by atoms with Crippen molar-refractivity contribution < 1.29 is 29.1 Å². The van der Waals surface area contributed by atoms with E-state index in [2.05, 4.69) is 0 Å². The summed E-state index contributed by atoms with van der Waals surface area (Å²) in [6.45, 7) is 7.47. The van der Waals surface area contributed by atoms with Gasteiger partial charge in [-0.2, -0.15) is 0 Å². The highest BCUT2D eigenvalue weighted by Crippen LogP contribution is 2.37. The summed E-state index contributed by atoms with van der Waals surface area (Å²) < 4.78 is 11.7. The van der Waals surface area contributed by atoms with E-state index in [0.29, 0.717) is 11.8 Å². The lowest BCUT2D eigenvalue weighted by Gasteiger charge is -2.32. The van der Waals surface area contributed by atoms with Gasteiger partial charge in [0.15, 0.2) is 6.29 Å². The Labute approximate surface area is 129 Å². The van der Waals surface area contributed by atoms with E-state index < -0.39 is 24.3 Å². The predicted molar refractivity (Wildman–Crippen MR) is 80.6 cm³/mol. The number of phenolic OH excluding ortho intramolecular Hbond substituents is 1. The molecule has 1 aromatic carbocycles. The third-order valence-electron chi connectivity index (χ3n) is 4.22. The molecule has 118 valence electrons. The molecule has 0 spiro atoms. The molecule has 22 heavy (non-hydrogen) atoms. The van der Waals surface area contributed by atoms with Crippen LogP contribution in [0.25, 0.3) is 0 Å². The third-order valence-corrected chi connectivity index (χ3v) is 4.22. The summed E-state index contributed by atoms with van der Waals surface area (Å²) in [6.07, 6.45) is 0.225. The average molecular weight is 306 g/mol. The van der Waals surface area contributed by atoms with Gasteiger partial charge in [0.25, 0.3) is 0 Å². The maximum Gasteiger partial charge on any atom is 0.498 e. The Kier molecular flexibility index (Phi) is 4.06. The van der Waals surface area contributed by atoms with Crippen molar-refractivity contribution in [3.8, 4) is 5.75 Å². The number of carboxylic acids is 1. The third kappa shape index (κ3) is 2.87. The van der Waals surface area contributed by atoms with Crippen molar-refractivity contribution in [3.05, 3.63) is 23.3 Å². The maximum atomic E-state index is 11.1. The summed E-state index contributed by atoms with van der Waals surface area (Å²) in [5, 5.41) is 19.1. The number of aldehydes is 1. The molecule has 0 amide bonds. The molecule has 1 aliphatic heterocycles. The first kappa shape index (κ1) is 16.5. The van der Waals surface area contributed by atoms with E-state index in [1.54, 1.807) is 0 Å². The highest BCUT2D eigenvalue weighted by Gasteiger charge is 2.52. The Hall–Kier alpha value is -1.86. The Balaban J connectivity index is 2.47. The van der Waals surface area contributed by atoms with Crippen LogP contribution in [0.4, 0.5) is 0 Å². The Morgan fingerprint density at radius 3 is 2.23 bits per heavy atom. The van der Waals surface area contributed by atoms with Gasteiger partial charge in [0.05, 0.1) is 23.2 Å². The lowest BCUT2D eigenvalue weighted by molar-refractivity contribution is -0.136. The number of benzene rings is 1. The minimum atomic E-state index is -1.03. The number of carbonyl (C=O) groups excluding carboxylic acids is 1. The van der Waals surface area contributed by atoms with Crippen molar-refractivity contribution in [2.24, 2.45) is 0 Å². The largest absolute Gasteiger partial charge is 0.508 e. The molecule has 1 heterocycles. The van der Waals surface area contributed by atoms with Gasteiger partial charge in [-0.15, -0.1) is 0 Å². The van der Waals surface area contributed by atoms with E-state index in [9.17, 15) is 14.7 Å². The molecule has 0 saturated carbocycles. The highest BCUT2D eigenvalue weighted by atomic mass is 16.7. The fourth-order valence-corrected chi connectivity index (χ4v) is 2.26. The zero-order valence-electron chi connectivity index (χ0n) is 13.0. The van der Waals surface area contributed by atoms with Crippen LogP contribution in [0.15, 0.2) is 12.1 Å². The summed E-state index contributed by atoms with van der Waals surface area (Å²) in [7, 11) is -0.863. The van der Waals surface area contributed by atoms with Crippen LogP contribution >= 0.6 is 0 Å². The molecular formula is C15H19BO6. The molecule has 1 fully saturated rings. The van der Waals surface area contributed by atoms with E-state index in [-0.39, 0.29) is 23.2 Å². The number of carboxylic acid groups (broad SMARTS) is 1. The lowest BCUT2D eigenvalue weighted by atomic mass is 9.76. The smallest absolute Gasteiger partial charge is 0.498 e. The summed E-state index contributed by atoms with van der Waals surface area (Å²) in [5.74, 6) is -1.27. The molecule has 1 saturated heterocycles. The van der Waals surface area contributed by atoms with Crippen LogP contribution in [0.5, 0.6) is 5.75 Å². The second kappa shape index (κ2) is 5.41. The number of carbonyl (C=O) groups is 2. The van der Waals surface area contributed by atoms with Gasteiger partial charge in [-0.1, -0.05) is 6.07 Å². The standard InChI is InChI=1S/C15H19BO6/c1-14(2)15(3,4)22-16(21-14)11-6-9(7-12(18)19)5-10(8-17)13(11)20/h5-6,8,20H,7H2,1-4H3,(H,18,19). The summed E-state index contributed by atoms with van der Waals surface area (Å²) in [6, 6.07) is 2.85. The topological polar surface area (TPSA) is 93.1 Å². The number of hydrogen-bond acceptors (Lipinski definition) is 5. The first-order valence-electron chi connectivity index (χ1n) is 6.96. The van der Waals surface area contributed by atoms with E-state index in [1.807, 2.05) is 27.7 Å². The van der Waals surface area contributed by atoms with Gasteiger partial charge in [-0.3, -0.25) is 9.59 Å². The zero-order valence-corrected chi connectivity index (χ0v) is 13.0. The highest BCUT2D eigenvalue weighted by molar-refractivity contribution is 6.63. The molecule has 0 atom stereocenters. The average Bonchev–Trinajstić information content (AvgIpc) is 2.59. The number of aliphatic carboxylic acids is 1. The minimum Gasteiger partial charge on any atom is -0.508 e. The molecular weight excluding hydrogens is 287 g/mol. The fourth-order valence-electron chi connectivity index (χ4n) is 2.26. The van der Waals surface area contributed by atoms with Crippen molar-refractivity contribution in [1.82, 2.24) is 0 Å². The quantitative estimate of drug-likeness (QED) is 0.640. The first-order chi connectivity index (χ1) is 10.1. The summed E-state index contributed by atoms with van der Waals surface area (Å²) in [4.78, 5) is 22.0. The van der Waals surface area contributed by atoms with E-state index in [1.165, 1.54) is 12.1 Å². The molecule has 7 heteroatoms. The van der Waals surface area contributed by atoms with Gasteiger partial charge < -0.3 is 19.5 Å². The van der Waals surface area contributed by atoms with Crippen molar-refractivity contribution in [2.45, 2.75) is 45.3 Å². The molecule has 0 aliphatic carbocycles. The van der Waals surface area contributed by atoms with Crippen LogP contribution in [-0.4, -0.2) is 40.8 Å². The number of hydrogen-bond donors (Lipinski definition) is 2. The minimum absolute atomic E-state index is 0.0171. The Bertz CT molecular complexity index is 607. The van der Waals surface area contributed by atoms with E-state index in [4.69, 9.17) is 14.4 Å². The molecule has 1 aromatic rings. The molecule has 0 radical (unpaired) electrons. The van der Waals surface area contributed by atoms with Crippen molar-refractivity contribution in [2.75, 3.05) is 0 Å². The van der Waals surface area contributed by atoms with E-state index in [0.717, 1.165) is 0 Å². The molecule has 0 aromatic heterocycles. The van der Waals surface area contributed by atoms with Crippen LogP contribution in [0.3, 0.4) is 0 Å². The van der Waals surface area contributed by atoms with Gasteiger partial charge in [-0.25, -0.2) is 0 Å². The van der Waals surface area contributed by atoms with Crippen LogP contribution in [0.2, 0.25) is 0 Å². The molecule has 6 nitrogen and oxygen atoms in total. The van der Waals surface area contributed by atoms with Gasteiger partial charge in [0, 0.05) is 5.46 Å². The normalized spacial score (nSPS) is 19.2. The predicted octanol–water partition coefficient (Wildman–Crippen LogP) is 1.13. The van der Waals surface area contributed by atoms with Crippen LogP contribution in [0, 0.1) is 0 Å². The zero-order chi connectivity index (χ0) is 16.7. The first-order valence-corrected chi connectivity index (χ1v) is 6.96. The molecule has 1 aliphatic rings. The molecule has 2 rings (SSSR count). The number of phenols is 1. The van der Waals surface area contributed by atoms with Crippen molar-refractivity contribution >= 4 is 24.8 Å². The molecule has 0 bridgehead atoms. The van der Waals surface area contributed by atoms with Gasteiger partial charge in [-0.05, 0) is 39.3 Å². The van der Waals surface area contributed by atoms with Crippen LogP contribution < -0.4 is 5.46 Å². The van der Waals surface area contributed by atoms with E-state index >= 15 is 0 Å². The maximum absolute atomic E-state index is 11.1. The van der Waals surface area contributed by atoms with Crippen molar-refractivity contribution in [1.29, 1.82) is 0 Å². The SMILES string of the molecule is CC1(C)OB(c2cc(CC(=O)O)cc(C=O)c2O)OC1(C)C. The fraction of sp³-hybridized carbons (Fsp3) is 0.467. The van der Waals surface area contributed by atoms with Crippen molar-refractivity contribution in [3.63, 3.8) is 0 Å². The second-order valence-corrected chi connectivity index (χ2v) is 6.40. The number of aromatic hydroxyl groups is 1. The lowest BCUT2D eigenvalue weighted by Crippen LogP contribution is -2.41. The molecule has 2 N–H and O–H groups in total. The van der Waals surface area contributed by atoms with Crippen LogP contribution in [-0.2, 0) is 20.5 Å². The Morgan fingerprint density at radius 2 is 1.77 bits per heavy atom. The van der Waals surface area contributed by atoms with Gasteiger partial charge in [0.1, 0.15) is 5.75 Å². The summed E-state index contributed by atoms with van der Waals surface area (Å²) in [5.41, 5.74) is -0.525. The second-order valence-electron chi connectivity index (χ2n) is 6.40. The monoisotopic (exact) mass is 306 g/mol. The number of rotatable bonds is 4. The molecule has 0 unspecified atom stereocenters. The van der Waals surface area contributed by atoms with Gasteiger partial charge in [0.2, 0.25) is 0 Å².